The van der Waals surface area contributed by atoms with Gasteiger partial charge in [0.2, 0.25) is 5.91 Å². The number of hydrogen-bond acceptors (Lipinski definition) is 9. The average Bonchev–Trinajstić information content (AvgIpc) is 3.56. The topological polar surface area (TPSA) is 140 Å². The lowest BCUT2D eigenvalue weighted by atomic mass is 9.78. The molecule has 1 aromatic carbocycles. The van der Waals surface area contributed by atoms with E-state index in [-0.39, 0.29) is 28.2 Å². The minimum Gasteiger partial charge on any atom is -0.394 e. The summed E-state index contributed by atoms with van der Waals surface area (Å²) < 4.78 is 41.7. The number of aliphatic hydroxyl groups is 2. The molecule has 2 aromatic rings. The fourth-order valence-corrected chi connectivity index (χ4v) is 6.13. The minimum atomic E-state index is -1.25. The molecular formula is C26H32ClF2N5O6. The van der Waals surface area contributed by atoms with Crippen molar-refractivity contribution < 1.29 is 38.1 Å². The molecule has 1 aliphatic carbocycles. The van der Waals surface area contributed by atoms with Crippen molar-refractivity contribution in [3.63, 3.8) is 0 Å². The van der Waals surface area contributed by atoms with Crippen LogP contribution in [0.5, 0.6) is 0 Å². The predicted octanol–water partition coefficient (Wildman–Crippen LogP) is 2.54. The SMILES string of the molecule is CO[C@@H]1[C@@H](n2cc(-c3ccc(Cl)c(F)c3F)nn2)[C@@H](O)[C@@H](CO)O[C@@H]1CC1=NOC2(CCC(NC(C)=O)CC2)C1. The Labute approximate surface area is 234 Å². The van der Waals surface area contributed by atoms with Crippen LogP contribution in [0.1, 0.15) is 51.5 Å². The zero-order chi connectivity index (χ0) is 28.6. The van der Waals surface area contributed by atoms with E-state index in [0.717, 1.165) is 31.4 Å². The number of halogens is 3. The molecule has 218 valence electrons. The summed E-state index contributed by atoms with van der Waals surface area (Å²) >= 11 is 5.67. The van der Waals surface area contributed by atoms with E-state index in [4.69, 9.17) is 25.9 Å². The van der Waals surface area contributed by atoms with Gasteiger partial charge in [0, 0.05) is 38.5 Å². The first-order valence-electron chi connectivity index (χ1n) is 13.2. The largest absolute Gasteiger partial charge is 0.394 e. The third kappa shape index (κ3) is 5.57. The van der Waals surface area contributed by atoms with Gasteiger partial charge in [-0.25, -0.2) is 13.5 Å². The Morgan fingerprint density at radius 2 is 2.02 bits per heavy atom. The van der Waals surface area contributed by atoms with E-state index in [9.17, 15) is 23.8 Å². The van der Waals surface area contributed by atoms with Crippen LogP contribution >= 0.6 is 11.6 Å². The number of amides is 1. The summed E-state index contributed by atoms with van der Waals surface area (Å²) in [5.74, 6) is -2.41. The van der Waals surface area contributed by atoms with E-state index in [1.807, 2.05) is 0 Å². The van der Waals surface area contributed by atoms with Crippen LogP contribution in [0, 0.1) is 11.6 Å². The molecule has 3 heterocycles. The quantitative estimate of drug-likeness (QED) is 0.423. The number of benzene rings is 1. The molecule has 5 rings (SSSR count). The van der Waals surface area contributed by atoms with E-state index >= 15 is 0 Å². The second-order valence-corrected chi connectivity index (χ2v) is 11.1. The molecule has 14 heteroatoms. The molecule has 1 saturated carbocycles. The van der Waals surface area contributed by atoms with Crippen molar-refractivity contribution in [2.75, 3.05) is 13.7 Å². The van der Waals surface area contributed by atoms with Gasteiger partial charge in [-0.1, -0.05) is 22.0 Å². The van der Waals surface area contributed by atoms with Crippen molar-refractivity contribution in [3.05, 3.63) is 35.0 Å². The zero-order valence-electron chi connectivity index (χ0n) is 22.1. The van der Waals surface area contributed by atoms with E-state index in [1.54, 1.807) is 0 Å². The van der Waals surface area contributed by atoms with E-state index in [0.29, 0.717) is 12.8 Å². The van der Waals surface area contributed by atoms with Crippen LogP contribution in [-0.2, 0) is 19.1 Å². The molecule has 0 bridgehead atoms. The predicted molar refractivity (Wildman–Crippen MR) is 139 cm³/mol. The normalized spacial score (nSPS) is 32.1. The maximum atomic E-state index is 14.5. The third-order valence-electron chi connectivity index (χ3n) is 8.00. The molecule has 2 fully saturated rings. The molecule has 1 saturated heterocycles. The Kier molecular flexibility index (Phi) is 8.39. The molecule has 1 amide bonds. The number of nitrogens with zero attached hydrogens (tertiary/aromatic N) is 4. The number of methoxy groups -OCH3 is 1. The molecule has 2 aliphatic heterocycles. The first-order valence-corrected chi connectivity index (χ1v) is 13.6. The maximum Gasteiger partial charge on any atom is 0.217 e. The standard InChI is InChI=1S/C26H32ClF2N5O6/c1-13(36)30-14-5-7-26(8-6-14)10-15(32-40-26)9-19-25(38-2)23(24(37)20(12-35)39-19)34-11-18(31-33-34)16-3-4-17(27)22(29)21(16)28/h3-4,11,14,19-20,23-25,35,37H,5-10,12H2,1-2H3,(H,30,36)/t14?,19-,20-,23+,24+,25+,26?/m1/s1. The molecule has 40 heavy (non-hydrogen) atoms. The lowest BCUT2D eigenvalue weighted by Gasteiger charge is -2.43. The van der Waals surface area contributed by atoms with E-state index in [2.05, 4.69) is 20.8 Å². The Bertz CT molecular complexity index is 1270. The number of nitrogens with one attached hydrogen (secondary N) is 1. The monoisotopic (exact) mass is 583 g/mol. The molecule has 1 aromatic heterocycles. The first-order chi connectivity index (χ1) is 19.1. The van der Waals surface area contributed by atoms with Crippen LogP contribution in [0.2, 0.25) is 5.02 Å². The maximum absolute atomic E-state index is 14.5. The molecule has 3 aliphatic rings. The number of aromatic nitrogens is 3. The highest BCUT2D eigenvalue weighted by atomic mass is 35.5. The highest BCUT2D eigenvalue weighted by molar-refractivity contribution is 6.30. The van der Waals surface area contributed by atoms with Gasteiger partial charge >= 0.3 is 0 Å². The van der Waals surface area contributed by atoms with Gasteiger partial charge in [0.25, 0.3) is 0 Å². The van der Waals surface area contributed by atoms with E-state index < -0.39 is 54.3 Å². The Morgan fingerprint density at radius 3 is 2.70 bits per heavy atom. The van der Waals surface area contributed by atoms with Crippen molar-refractivity contribution in [1.82, 2.24) is 20.3 Å². The number of oxime groups is 1. The van der Waals surface area contributed by atoms with Crippen molar-refractivity contribution in [2.45, 2.75) is 87.5 Å². The lowest BCUT2D eigenvalue weighted by molar-refractivity contribution is -0.210. The van der Waals surface area contributed by atoms with Crippen LogP contribution in [0.15, 0.2) is 23.5 Å². The summed E-state index contributed by atoms with van der Waals surface area (Å²) in [6.45, 7) is 1.04. The number of hydrogen-bond donors (Lipinski definition) is 3. The third-order valence-corrected chi connectivity index (χ3v) is 8.29. The van der Waals surface area contributed by atoms with Gasteiger partial charge in [0.1, 0.15) is 35.6 Å². The molecule has 0 unspecified atom stereocenters. The van der Waals surface area contributed by atoms with E-state index in [1.165, 1.54) is 37.0 Å². The van der Waals surface area contributed by atoms with Crippen molar-refractivity contribution in [1.29, 1.82) is 0 Å². The number of ether oxygens (including phenoxy) is 2. The number of rotatable bonds is 7. The smallest absolute Gasteiger partial charge is 0.217 e. The van der Waals surface area contributed by atoms with Crippen LogP contribution < -0.4 is 5.32 Å². The van der Waals surface area contributed by atoms with Gasteiger partial charge in [0.05, 0.1) is 29.6 Å². The summed E-state index contributed by atoms with van der Waals surface area (Å²) in [5, 5.41) is 36.0. The van der Waals surface area contributed by atoms with Gasteiger partial charge in [-0.3, -0.25) is 4.79 Å². The molecule has 3 N–H and O–H groups in total. The fraction of sp³-hybridized carbons (Fsp3) is 0.615. The van der Waals surface area contributed by atoms with Crippen LogP contribution in [0.4, 0.5) is 8.78 Å². The summed E-state index contributed by atoms with van der Waals surface area (Å²) in [7, 11) is 1.46. The summed E-state index contributed by atoms with van der Waals surface area (Å²) in [4.78, 5) is 17.3. The fourth-order valence-electron chi connectivity index (χ4n) is 5.98. The minimum absolute atomic E-state index is 0.0316. The van der Waals surface area contributed by atoms with Gasteiger partial charge < -0.3 is 29.8 Å². The summed E-state index contributed by atoms with van der Waals surface area (Å²) in [6.07, 6.45) is 1.73. The summed E-state index contributed by atoms with van der Waals surface area (Å²) in [6, 6.07) is 1.76. The van der Waals surface area contributed by atoms with Crippen molar-refractivity contribution in [3.8, 4) is 11.3 Å². The van der Waals surface area contributed by atoms with Gasteiger partial charge in [-0.15, -0.1) is 5.10 Å². The average molecular weight is 584 g/mol. The molecule has 5 atom stereocenters. The first kappa shape index (κ1) is 28.8. The number of carbonyl (C=O) groups excluding carboxylic acids is 1. The molecule has 0 radical (unpaired) electrons. The molecule has 11 nitrogen and oxygen atoms in total. The van der Waals surface area contributed by atoms with Gasteiger partial charge in [0.15, 0.2) is 11.6 Å². The highest BCUT2D eigenvalue weighted by Gasteiger charge is 2.49. The second-order valence-electron chi connectivity index (χ2n) is 10.7. The lowest BCUT2D eigenvalue weighted by Crippen LogP contribution is -2.57. The van der Waals surface area contributed by atoms with Gasteiger partial charge in [-0.2, -0.15) is 0 Å². The van der Waals surface area contributed by atoms with Crippen LogP contribution in [0.25, 0.3) is 11.3 Å². The van der Waals surface area contributed by atoms with Crippen molar-refractivity contribution in [2.24, 2.45) is 5.16 Å². The molecule has 1 spiro atoms. The Hall–Kier alpha value is -2.71. The number of carbonyl (C=O) groups is 1. The van der Waals surface area contributed by atoms with Crippen molar-refractivity contribution >= 4 is 23.2 Å². The number of aliphatic hydroxyl groups excluding tert-OH is 2. The van der Waals surface area contributed by atoms with Crippen LogP contribution in [-0.4, -0.2) is 86.6 Å². The second kappa shape index (κ2) is 11.6. The summed E-state index contributed by atoms with van der Waals surface area (Å²) in [5.41, 5.74) is 0.212. The Balaban J connectivity index is 1.32. The highest BCUT2D eigenvalue weighted by Crippen LogP contribution is 2.41. The van der Waals surface area contributed by atoms with Gasteiger partial charge in [-0.05, 0) is 37.8 Å². The zero-order valence-corrected chi connectivity index (χ0v) is 22.9. The molecular weight excluding hydrogens is 552 g/mol. The van der Waals surface area contributed by atoms with Crippen LogP contribution in [0.3, 0.4) is 0 Å². The Morgan fingerprint density at radius 1 is 1.27 bits per heavy atom.